The van der Waals surface area contributed by atoms with E-state index in [9.17, 15) is 8.42 Å². The molecule has 0 spiro atoms. The Kier molecular flexibility index (Phi) is 4.16. The molecule has 0 bridgehead atoms. The molecule has 1 saturated heterocycles. The molecule has 3 rings (SSSR count). The van der Waals surface area contributed by atoms with Crippen molar-refractivity contribution >= 4 is 20.9 Å². The van der Waals surface area contributed by atoms with E-state index in [4.69, 9.17) is 4.74 Å². The van der Waals surface area contributed by atoms with Gasteiger partial charge in [0.05, 0.1) is 16.5 Å². The third-order valence-electron chi connectivity index (χ3n) is 4.08. The van der Waals surface area contributed by atoms with Gasteiger partial charge in [-0.15, -0.1) is 0 Å². The highest BCUT2D eigenvalue weighted by molar-refractivity contribution is 7.89. The van der Waals surface area contributed by atoms with Crippen LogP contribution in [0.4, 0.5) is 0 Å². The van der Waals surface area contributed by atoms with Crippen molar-refractivity contribution in [3.8, 4) is 0 Å². The van der Waals surface area contributed by atoms with Crippen LogP contribution in [0.3, 0.4) is 0 Å². The molecule has 2 atom stereocenters. The van der Waals surface area contributed by atoms with Crippen LogP contribution in [0.25, 0.3) is 10.9 Å². The highest BCUT2D eigenvalue weighted by atomic mass is 32.2. The summed E-state index contributed by atoms with van der Waals surface area (Å²) in [5.74, 6) is 0. The van der Waals surface area contributed by atoms with E-state index >= 15 is 0 Å². The lowest BCUT2D eigenvalue weighted by Gasteiger charge is -2.20. The zero-order valence-electron chi connectivity index (χ0n) is 12.7. The summed E-state index contributed by atoms with van der Waals surface area (Å²) in [6, 6.07) is 6.73. The predicted octanol–water partition coefficient (Wildman–Crippen LogP) is 2.39. The van der Waals surface area contributed by atoms with Crippen LogP contribution >= 0.6 is 0 Å². The average molecular weight is 320 g/mol. The van der Waals surface area contributed by atoms with Crippen LogP contribution in [0.5, 0.6) is 0 Å². The predicted molar refractivity (Wildman–Crippen MR) is 85.2 cm³/mol. The molecule has 0 saturated carbocycles. The van der Waals surface area contributed by atoms with Crippen LogP contribution in [-0.2, 0) is 14.8 Å². The average Bonchev–Trinajstić information content (AvgIpc) is 3.01. The third kappa shape index (κ3) is 2.86. The molecule has 2 aromatic rings. The summed E-state index contributed by atoms with van der Waals surface area (Å²) in [6.45, 7) is 4.48. The summed E-state index contributed by atoms with van der Waals surface area (Å²) in [6.07, 6.45) is 3.49. The normalized spacial score (nSPS) is 20.4. The number of aromatic nitrogens is 1. The number of benzene rings is 1. The second-order valence-electron chi connectivity index (χ2n) is 5.74. The van der Waals surface area contributed by atoms with E-state index < -0.39 is 10.0 Å². The highest BCUT2D eigenvalue weighted by Gasteiger charge is 2.28. The summed E-state index contributed by atoms with van der Waals surface area (Å²) in [4.78, 5) is 4.56. The fourth-order valence-electron chi connectivity index (χ4n) is 2.90. The maximum absolute atomic E-state index is 12.7. The van der Waals surface area contributed by atoms with Gasteiger partial charge < -0.3 is 4.74 Å². The molecule has 22 heavy (non-hydrogen) atoms. The van der Waals surface area contributed by atoms with E-state index in [0.717, 1.165) is 23.9 Å². The minimum absolute atomic E-state index is 0.0513. The van der Waals surface area contributed by atoms with Gasteiger partial charge in [0.2, 0.25) is 10.0 Å². The monoisotopic (exact) mass is 320 g/mol. The maximum atomic E-state index is 12.7. The van der Waals surface area contributed by atoms with Gasteiger partial charge in [-0.25, -0.2) is 13.1 Å². The first kappa shape index (κ1) is 15.4. The van der Waals surface area contributed by atoms with Crippen molar-refractivity contribution in [3.05, 3.63) is 36.0 Å². The second-order valence-corrected chi connectivity index (χ2v) is 7.42. The Bertz CT molecular complexity index is 783. The number of nitrogens with zero attached hydrogens (tertiary/aromatic N) is 1. The molecule has 1 aromatic carbocycles. The Morgan fingerprint density at radius 3 is 2.91 bits per heavy atom. The van der Waals surface area contributed by atoms with Crippen molar-refractivity contribution in [3.63, 3.8) is 0 Å². The van der Waals surface area contributed by atoms with Gasteiger partial charge in [0.15, 0.2) is 0 Å². The highest BCUT2D eigenvalue weighted by Crippen LogP contribution is 2.25. The molecular formula is C16H20N2O3S. The van der Waals surface area contributed by atoms with E-state index in [1.54, 1.807) is 30.5 Å². The number of ether oxygens (including phenoxy) is 1. The summed E-state index contributed by atoms with van der Waals surface area (Å²) >= 11 is 0. The second kappa shape index (κ2) is 5.95. The Morgan fingerprint density at radius 2 is 2.18 bits per heavy atom. The van der Waals surface area contributed by atoms with Crippen molar-refractivity contribution in [2.75, 3.05) is 6.61 Å². The van der Waals surface area contributed by atoms with E-state index in [2.05, 4.69) is 9.71 Å². The standard InChI is InChI=1S/C16H20N2O3S/c1-11-7-8-15(13-5-3-9-17-16(11)13)22(19,20)18-12(2)14-6-4-10-21-14/h3,5,7-9,12,14,18H,4,6,10H2,1-2H3/t12-,14-/m1/s1. The number of hydrogen-bond donors (Lipinski definition) is 1. The van der Waals surface area contributed by atoms with Crippen LogP contribution in [0.2, 0.25) is 0 Å². The van der Waals surface area contributed by atoms with E-state index in [1.807, 2.05) is 13.8 Å². The lowest BCUT2D eigenvalue weighted by molar-refractivity contribution is 0.0902. The molecule has 1 aliphatic heterocycles. The summed E-state index contributed by atoms with van der Waals surface area (Å²) in [7, 11) is -3.61. The summed E-state index contributed by atoms with van der Waals surface area (Å²) < 4.78 is 33.8. The van der Waals surface area contributed by atoms with Crippen molar-refractivity contribution < 1.29 is 13.2 Å². The summed E-state index contributed by atoms with van der Waals surface area (Å²) in [5.41, 5.74) is 1.68. The van der Waals surface area contributed by atoms with Crippen LogP contribution in [0.15, 0.2) is 35.4 Å². The quantitative estimate of drug-likeness (QED) is 0.939. The fraction of sp³-hybridized carbons (Fsp3) is 0.438. The minimum atomic E-state index is -3.61. The Morgan fingerprint density at radius 1 is 1.36 bits per heavy atom. The first-order chi connectivity index (χ1) is 10.5. The van der Waals surface area contributed by atoms with Crippen LogP contribution in [0.1, 0.15) is 25.3 Å². The maximum Gasteiger partial charge on any atom is 0.241 e. The number of fused-ring (bicyclic) bond motifs is 1. The van der Waals surface area contributed by atoms with Crippen LogP contribution in [-0.4, -0.2) is 32.2 Å². The molecule has 0 radical (unpaired) electrons. The molecule has 1 fully saturated rings. The molecule has 1 aromatic heterocycles. The minimum Gasteiger partial charge on any atom is -0.377 e. The zero-order chi connectivity index (χ0) is 15.7. The molecule has 0 amide bonds. The van der Waals surface area contributed by atoms with Gasteiger partial charge in [-0.1, -0.05) is 6.07 Å². The number of aryl methyl sites for hydroxylation is 1. The fourth-order valence-corrected chi connectivity index (χ4v) is 4.37. The lowest BCUT2D eigenvalue weighted by Crippen LogP contribution is -2.40. The van der Waals surface area contributed by atoms with Gasteiger partial charge in [0.1, 0.15) is 0 Å². The number of nitrogens with one attached hydrogen (secondary N) is 1. The number of rotatable bonds is 4. The number of pyridine rings is 1. The molecule has 2 heterocycles. The topological polar surface area (TPSA) is 68.3 Å². The van der Waals surface area contributed by atoms with Gasteiger partial charge in [0, 0.05) is 24.2 Å². The Labute approximate surface area is 130 Å². The number of hydrogen-bond acceptors (Lipinski definition) is 4. The first-order valence-electron chi connectivity index (χ1n) is 7.47. The molecule has 5 nitrogen and oxygen atoms in total. The largest absolute Gasteiger partial charge is 0.377 e. The van der Waals surface area contributed by atoms with Crippen LogP contribution in [0, 0.1) is 6.92 Å². The number of sulfonamides is 1. The molecule has 118 valence electrons. The third-order valence-corrected chi connectivity index (χ3v) is 5.70. The van der Waals surface area contributed by atoms with Crippen molar-refractivity contribution in [2.24, 2.45) is 0 Å². The molecule has 1 N–H and O–H groups in total. The Balaban J connectivity index is 1.97. The molecule has 1 aliphatic rings. The van der Waals surface area contributed by atoms with E-state index in [-0.39, 0.29) is 17.0 Å². The molecule has 6 heteroatoms. The zero-order valence-corrected chi connectivity index (χ0v) is 13.6. The molecular weight excluding hydrogens is 300 g/mol. The van der Waals surface area contributed by atoms with Gasteiger partial charge in [-0.05, 0) is 50.5 Å². The first-order valence-corrected chi connectivity index (χ1v) is 8.95. The molecule has 0 unspecified atom stereocenters. The van der Waals surface area contributed by atoms with Crippen molar-refractivity contribution in [1.82, 2.24) is 9.71 Å². The van der Waals surface area contributed by atoms with Gasteiger partial charge in [0.25, 0.3) is 0 Å². The Hall–Kier alpha value is -1.50. The van der Waals surface area contributed by atoms with Crippen molar-refractivity contribution in [2.45, 2.75) is 43.7 Å². The summed E-state index contributed by atoms with van der Waals surface area (Å²) in [5, 5.41) is 0.648. The lowest BCUT2D eigenvalue weighted by atomic mass is 10.1. The van der Waals surface area contributed by atoms with Gasteiger partial charge in [-0.3, -0.25) is 4.98 Å². The SMILES string of the molecule is Cc1ccc(S(=O)(=O)N[C@H](C)[C@H]2CCCO2)c2cccnc12. The van der Waals surface area contributed by atoms with Crippen LogP contribution < -0.4 is 4.72 Å². The molecule has 0 aliphatic carbocycles. The van der Waals surface area contributed by atoms with Gasteiger partial charge in [-0.2, -0.15) is 0 Å². The van der Waals surface area contributed by atoms with Crippen molar-refractivity contribution in [1.29, 1.82) is 0 Å². The van der Waals surface area contributed by atoms with E-state index in [0.29, 0.717) is 12.0 Å². The van der Waals surface area contributed by atoms with Gasteiger partial charge >= 0.3 is 0 Å². The van der Waals surface area contributed by atoms with E-state index in [1.165, 1.54) is 0 Å². The smallest absolute Gasteiger partial charge is 0.241 e.